The topological polar surface area (TPSA) is 132 Å². The SMILES string of the molecule is N#Cc1ccc(-c2ccc([N+](=O)[O-])cc2)n(CC(N)=O)c1=O. The molecule has 110 valence electrons. The highest BCUT2D eigenvalue weighted by molar-refractivity contribution is 5.75. The van der Waals surface area contributed by atoms with E-state index in [-0.39, 0.29) is 17.8 Å². The lowest BCUT2D eigenvalue weighted by Crippen LogP contribution is -2.30. The van der Waals surface area contributed by atoms with Crippen molar-refractivity contribution in [2.75, 3.05) is 0 Å². The summed E-state index contributed by atoms with van der Waals surface area (Å²) in [6.07, 6.45) is 0. The predicted molar refractivity (Wildman–Crippen MR) is 76.7 cm³/mol. The van der Waals surface area contributed by atoms with Crippen molar-refractivity contribution >= 4 is 11.6 Å². The number of non-ortho nitro benzene ring substituents is 1. The van der Waals surface area contributed by atoms with E-state index in [9.17, 15) is 19.7 Å². The first-order chi connectivity index (χ1) is 10.4. The van der Waals surface area contributed by atoms with Crippen LogP contribution in [0.4, 0.5) is 5.69 Å². The molecule has 2 aromatic rings. The molecule has 0 fully saturated rings. The molecule has 0 saturated heterocycles. The smallest absolute Gasteiger partial charge is 0.269 e. The van der Waals surface area contributed by atoms with Gasteiger partial charge in [0.2, 0.25) is 5.91 Å². The van der Waals surface area contributed by atoms with Crippen molar-refractivity contribution in [3.8, 4) is 17.3 Å². The molecule has 0 saturated carbocycles. The Hall–Kier alpha value is -3.47. The quantitative estimate of drug-likeness (QED) is 0.658. The van der Waals surface area contributed by atoms with Crippen LogP contribution in [0, 0.1) is 21.4 Å². The van der Waals surface area contributed by atoms with E-state index in [2.05, 4.69) is 0 Å². The van der Waals surface area contributed by atoms with E-state index in [1.807, 2.05) is 0 Å². The molecule has 1 heterocycles. The summed E-state index contributed by atoms with van der Waals surface area (Å²) in [7, 11) is 0. The molecule has 22 heavy (non-hydrogen) atoms. The van der Waals surface area contributed by atoms with Crippen LogP contribution in [0.2, 0.25) is 0 Å². The van der Waals surface area contributed by atoms with Gasteiger partial charge in [-0.05, 0) is 29.8 Å². The third-order valence-corrected chi connectivity index (χ3v) is 2.98. The van der Waals surface area contributed by atoms with Crippen LogP contribution < -0.4 is 11.3 Å². The Morgan fingerprint density at radius 1 is 1.27 bits per heavy atom. The highest BCUT2D eigenvalue weighted by Gasteiger charge is 2.13. The average Bonchev–Trinajstić information content (AvgIpc) is 2.49. The van der Waals surface area contributed by atoms with Gasteiger partial charge in [-0.25, -0.2) is 0 Å². The Morgan fingerprint density at radius 3 is 2.41 bits per heavy atom. The Morgan fingerprint density at radius 2 is 1.91 bits per heavy atom. The van der Waals surface area contributed by atoms with Crippen molar-refractivity contribution < 1.29 is 9.72 Å². The predicted octanol–water partition coefficient (Wildman–Crippen LogP) is 0.780. The van der Waals surface area contributed by atoms with E-state index in [0.29, 0.717) is 11.3 Å². The van der Waals surface area contributed by atoms with E-state index in [0.717, 1.165) is 4.57 Å². The molecule has 2 rings (SSSR count). The van der Waals surface area contributed by atoms with Crippen LogP contribution in [-0.4, -0.2) is 15.4 Å². The van der Waals surface area contributed by atoms with Gasteiger partial charge >= 0.3 is 0 Å². The summed E-state index contributed by atoms with van der Waals surface area (Å²) in [6.45, 7) is -0.388. The maximum atomic E-state index is 12.1. The van der Waals surface area contributed by atoms with Crippen molar-refractivity contribution in [3.05, 3.63) is 62.4 Å². The van der Waals surface area contributed by atoms with Gasteiger partial charge in [0.15, 0.2) is 0 Å². The molecule has 0 aliphatic rings. The fourth-order valence-electron chi connectivity index (χ4n) is 1.98. The molecule has 0 aliphatic carbocycles. The largest absolute Gasteiger partial charge is 0.368 e. The lowest BCUT2D eigenvalue weighted by molar-refractivity contribution is -0.384. The fraction of sp³-hybridized carbons (Fsp3) is 0.0714. The Bertz CT molecular complexity index is 847. The monoisotopic (exact) mass is 298 g/mol. The van der Waals surface area contributed by atoms with E-state index >= 15 is 0 Å². The number of carbonyl (C=O) groups is 1. The summed E-state index contributed by atoms with van der Waals surface area (Å²) in [5, 5.41) is 19.5. The molecule has 0 spiro atoms. The molecule has 0 aliphatic heterocycles. The first-order valence-electron chi connectivity index (χ1n) is 6.11. The number of nitriles is 1. The third kappa shape index (κ3) is 2.83. The molecule has 2 N–H and O–H groups in total. The number of hydrogen-bond acceptors (Lipinski definition) is 5. The molecule has 0 radical (unpaired) electrons. The van der Waals surface area contributed by atoms with E-state index in [4.69, 9.17) is 11.0 Å². The summed E-state index contributed by atoms with van der Waals surface area (Å²) >= 11 is 0. The van der Waals surface area contributed by atoms with Gasteiger partial charge in [-0.15, -0.1) is 0 Å². The normalized spacial score (nSPS) is 9.95. The van der Waals surface area contributed by atoms with Gasteiger partial charge in [0.1, 0.15) is 18.2 Å². The van der Waals surface area contributed by atoms with Crippen LogP contribution in [0.3, 0.4) is 0 Å². The maximum absolute atomic E-state index is 12.1. The molecule has 1 aromatic heterocycles. The number of benzene rings is 1. The Balaban J connectivity index is 2.61. The minimum absolute atomic E-state index is 0.0961. The summed E-state index contributed by atoms with van der Waals surface area (Å²) in [5.41, 5.74) is 5.11. The summed E-state index contributed by atoms with van der Waals surface area (Å²) in [4.78, 5) is 33.4. The number of nitro benzene ring substituents is 1. The number of nitrogens with two attached hydrogens (primary N) is 1. The van der Waals surface area contributed by atoms with Crippen molar-refractivity contribution in [1.82, 2.24) is 4.57 Å². The van der Waals surface area contributed by atoms with E-state index < -0.39 is 16.4 Å². The molecule has 0 unspecified atom stereocenters. The number of aromatic nitrogens is 1. The minimum atomic E-state index is -0.736. The van der Waals surface area contributed by atoms with Crippen molar-refractivity contribution in [2.45, 2.75) is 6.54 Å². The zero-order valence-corrected chi connectivity index (χ0v) is 11.2. The van der Waals surface area contributed by atoms with Crippen LogP contribution in [0.15, 0.2) is 41.2 Å². The van der Waals surface area contributed by atoms with Crippen LogP contribution >= 0.6 is 0 Å². The molecule has 1 aromatic carbocycles. The molecule has 0 bridgehead atoms. The lowest BCUT2D eigenvalue weighted by atomic mass is 10.1. The van der Waals surface area contributed by atoms with Crippen LogP contribution in [0.25, 0.3) is 11.3 Å². The highest BCUT2D eigenvalue weighted by atomic mass is 16.6. The Labute approximate surface area is 124 Å². The summed E-state index contributed by atoms with van der Waals surface area (Å²) < 4.78 is 1.07. The molecule has 8 heteroatoms. The van der Waals surface area contributed by atoms with Gasteiger partial charge in [-0.3, -0.25) is 24.3 Å². The number of amides is 1. The summed E-state index contributed by atoms with van der Waals surface area (Å²) in [6, 6.07) is 10.0. The van der Waals surface area contributed by atoms with Gasteiger partial charge in [0.25, 0.3) is 11.2 Å². The zero-order chi connectivity index (χ0) is 16.3. The number of carbonyl (C=O) groups excluding carboxylic acids is 1. The lowest BCUT2D eigenvalue weighted by Gasteiger charge is -2.11. The molecule has 0 atom stereocenters. The van der Waals surface area contributed by atoms with Crippen LogP contribution in [-0.2, 0) is 11.3 Å². The standard InChI is InChI=1S/C14H10N4O4/c15-7-10-3-6-12(17(14(10)20)8-13(16)19)9-1-4-11(5-2-9)18(21)22/h1-6H,8H2,(H2,16,19). The second-order valence-electron chi connectivity index (χ2n) is 4.41. The first-order valence-corrected chi connectivity index (χ1v) is 6.11. The molecular formula is C14H10N4O4. The molecule has 8 nitrogen and oxygen atoms in total. The average molecular weight is 298 g/mol. The number of nitrogens with zero attached hydrogens (tertiary/aromatic N) is 3. The Kier molecular flexibility index (Phi) is 3.99. The molecule has 1 amide bonds. The highest BCUT2D eigenvalue weighted by Crippen LogP contribution is 2.21. The first kappa shape index (κ1) is 14.9. The second-order valence-corrected chi connectivity index (χ2v) is 4.41. The van der Waals surface area contributed by atoms with E-state index in [1.165, 1.54) is 36.4 Å². The van der Waals surface area contributed by atoms with Gasteiger partial charge < -0.3 is 5.73 Å². The minimum Gasteiger partial charge on any atom is -0.368 e. The van der Waals surface area contributed by atoms with Crippen LogP contribution in [0.1, 0.15) is 5.56 Å². The third-order valence-electron chi connectivity index (χ3n) is 2.98. The van der Waals surface area contributed by atoms with Gasteiger partial charge in [0.05, 0.1) is 10.6 Å². The second kappa shape index (κ2) is 5.88. The number of pyridine rings is 1. The van der Waals surface area contributed by atoms with Gasteiger partial charge in [-0.1, -0.05) is 0 Å². The van der Waals surface area contributed by atoms with Crippen molar-refractivity contribution in [1.29, 1.82) is 5.26 Å². The van der Waals surface area contributed by atoms with Crippen molar-refractivity contribution in [3.63, 3.8) is 0 Å². The zero-order valence-electron chi connectivity index (χ0n) is 11.2. The van der Waals surface area contributed by atoms with E-state index in [1.54, 1.807) is 6.07 Å². The number of nitro groups is 1. The summed E-state index contributed by atoms with van der Waals surface area (Å²) in [5.74, 6) is -0.736. The number of rotatable bonds is 4. The van der Waals surface area contributed by atoms with Gasteiger partial charge in [0, 0.05) is 12.1 Å². The molecular weight excluding hydrogens is 288 g/mol. The number of hydrogen-bond donors (Lipinski definition) is 1. The maximum Gasteiger partial charge on any atom is 0.269 e. The van der Waals surface area contributed by atoms with Crippen molar-refractivity contribution in [2.24, 2.45) is 5.73 Å². The fourth-order valence-corrected chi connectivity index (χ4v) is 1.98. The van der Waals surface area contributed by atoms with Crippen LogP contribution in [0.5, 0.6) is 0 Å². The number of primary amides is 1. The van der Waals surface area contributed by atoms with Gasteiger partial charge in [-0.2, -0.15) is 5.26 Å².